The predicted octanol–water partition coefficient (Wildman–Crippen LogP) is 2.08. The zero-order valence-corrected chi connectivity index (χ0v) is 13.7. The van der Waals surface area contributed by atoms with Crippen molar-refractivity contribution in [3.63, 3.8) is 0 Å². The van der Waals surface area contributed by atoms with E-state index in [-0.39, 0.29) is 6.04 Å². The molecule has 1 atom stereocenters. The van der Waals surface area contributed by atoms with Crippen LogP contribution in [0.2, 0.25) is 0 Å². The number of nitrogens with zero attached hydrogens (tertiary/aromatic N) is 3. The number of aryl methyl sites for hydroxylation is 1. The minimum Gasteiger partial charge on any atom is -0.481 e. The monoisotopic (exact) mass is 316 g/mol. The van der Waals surface area contributed by atoms with Crippen molar-refractivity contribution in [2.45, 2.75) is 25.4 Å². The highest BCUT2D eigenvalue weighted by molar-refractivity contribution is 5.16. The smallest absolute Gasteiger partial charge is 0.213 e. The second kappa shape index (κ2) is 7.57. The molecular formula is C17H24N4O2. The van der Waals surface area contributed by atoms with Crippen LogP contribution < -0.4 is 10.1 Å². The van der Waals surface area contributed by atoms with E-state index in [1.165, 1.54) is 0 Å². The molecular weight excluding hydrogens is 292 g/mol. The van der Waals surface area contributed by atoms with Crippen LogP contribution in [0.1, 0.15) is 30.4 Å². The second-order valence-corrected chi connectivity index (χ2v) is 5.88. The van der Waals surface area contributed by atoms with E-state index in [1.54, 1.807) is 7.11 Å². The molecule has 1 saturated heterocycles. The normalized spacial score (nSPS) is 17.1. The molecule has 6 nitrogen and oxygen atoms in total. The molecule has 1 aliphatic rings. The molecule has 3 heterocycles. The highest BCUT2D eigenvalue weighted by Crippen LogP contribution is 2.29. The molecule has 1 N–H and O–H groups in total. The van der Waals surface area contributed by atoms with Gasteiger partial charge in [-0.15, -0.1) is 0 Å². The summed E-state index contributed by atoms with van der Waals surface area (Å²) in [4.78, 5) is 9.03. The summed E-state index contributed by atoms with van der Waals surface area (Å²) in [6, 6.07) is 6.03. The first-order valence-electron chi connectivity index (χ1n) is 8.06. The summed E-state index contributed by atoms with van der Waals surface area (Å²) in [6.07, 6.45) is 5.95. The molecule has 2 aromatic rings. The van der Waals surface area contributed by atoms with E-state index in [1.807, 2.05) is 37.6 Å². The highest BCUT2D eigenvalue weighted by atomic mass is 16.5. The molecule has 0 amide bonds. The van der Waals surface area contributed by atoms with Crippen molar-refractivity contribution in [2.75, 3.05) is 20.3 Å². The number of nitrogens with one attached hydrogen (secondary N) is 1. The van der Waals surface area contributed by atoms with Crippen LogP contribution in [-0.4, -0.2) is 34.9 Å². The van der Waals surface area contributed by atoms with Gasteiger partial charge in [0.25, 0.3) is 0 Å². The number of hydrogen-bond acceptors (Lipinski definition) is 5. The van der Waals surface area contributed by atoms with E-state index in [0.29, 0.717) is 18.3 Å². The van der Waals surface area contributed by atoms with Crippen molar-refractivity contribution < 1.29 is 9.47 Å². The lowest BCUT2D eigenvalue weighted by atomic mass is 9.91. The minimum absolute atomic E-state index is 0.201. The van der Waals surface area contributed by atoms with Crippen molar-refractivity contribution in [3.05, 3.63) is 42.1 Å². The molecule has 0 radical (unpaired) electrons. The number of imidazole rings is 1. The number of aromatic nitrogens is 3. The molecule has 0 spiro atoms. The molecule has 1 fully saturated rings. The third kappa shape index (κ3) is 3.89. The number of pyridine rings is 1. The van der Waals surface area contributed by atoms with E-state index in [0.717, 1.165) is 37.6 Å². The molecule has 6 heteroatoms. The maximum Gasteiger partial charge on any atom is 0.213 e. The van der Waals surface area contributed by atoms with E-state index >= 15 is 0 Å². The van der Waals surface area contributed by atoms with Gasteiger partial charge in [-0.25, -0.2) is 9.97 Å². The quantitative estimate of drug-likeness (QED) is 0.884. The van der Waals surface area contributed by atoms with Gasteiger partial charge in [0.1, 0.15) is 5.82 Å². The fourth-order valence-electron chi connectivity index (χ4n) is 3.08. The van der Waals surface area contributed by atoms with Crippen LogP contribution in [0.3, 0.4) is 0 Å². The average Bonchev–Trinajstić information content (AvgIpc) is 3.02. The van der Waals surface area contributed by atoms with Crippen molar-refractivity contribution >= 4 is 0 Å². The Balaban J connectivity index is 1.74. The number of methoxy groups -OCH3 is 1. The first-order valence-corrected chi connectivity index (χ1v) is 8.06. The number of rotatable bonds is 6. The molecule has 3 rings (SSSR count). The maximum atomic E-state index is 5.51. The largest absolute Gasteiger partial charge is 0.481 e. The number of hydrogen-bond donors (Lipinski definition) is 1. The third-order valence-corrected chi connectivity index (χ3v) is 4.37. The molecule has 23 heavy (non-hydrogen) atoms. The van der Waals surface area contributed by atoms with Gasteiger partial charge in [-0.05, 0) is 24.8 Å². The predicted molar refractivity (Wildman–Crippen MR) is 87.1 cm³/mol. The van der Waals surface area contributed by atoms with Gasteiger partial charge in [-0.2, -0.15) is 0 Å². The van der Waals surface area contributed by atoms with Crippen LogP contribution in [-0.2, 0) is 18.3 Å². The standard InChI is InChI=1S/C17H24N4O2/c1-21-9-8-18-17(21)16(13-6-10-23-11-7-13)19-12-14-4-3-5-15(20-14)22-2/h3-5,8-9,13,16,19H,6-7,10-12H2,1-2H3/t16-/m0/s1. The first-order chi connectivity index (χ1) is 11.3. The van der Waals surface area contributed by atoms with Crippen molar-refractivity contribution in [3.8, 4) is 5.88 Å². The van der Waals surface area contributed by atoms with Crippen molar-refractivity contribution in [1.82, 2.24) is 19.9 Å². The van der Waals surface area contributed by atoms with Crippen LogP contribution in [0.25, 0.3) is 0 Å². The average molecular weight is 316 g/mol. The van der Waals surface area contributed by atoms with E-state index in [4.69, 9.17) is 9.47 Å². The number of ether oxygens (including phenoxy) is 2. The summed E-state index contributed by atoms with van der Waals surface area (Å²) in [5.41, 5.74) is 0.968. The molecule has 0 unspecified atom stereocenters. The van der Waals surface area contributed by atoms with E-state index in [2.05, 4.69) is 19.9 Å². The topological polar surface area (TPSA) is 61.2 Å². The Hall–Kier alpha value is -1.92. The molecule has 1 aliphatic heterocycles. The Morgan fingerprint density at radius 3 is 2.91 bits per heavy atom. The van der Waals surface area contributed by atoms with Gasteiger partial charge in [0, 0.05) is 45.3 Å². The summed E-state index contributed by atoms with van der Waals surface area (Å²) in [6.45, 7) is 2.33. The SMILES string of the molecule is COc1cccc(CN[C@H](c2nccn2C)C2CCOCC2)n1. The lowest BCUT2D eigenvalue weighted by Crippen LogP contribution is -2.33. The zero-order chi connectivity index (χ0) is 16.1. The summed E-state index contributed by atoms with van der Waals surface area (Å²) in [5.74, 6) is 2.24. The minimum atomic E-state index is 0.201. The fourth-order valence-corrected chi connectivity index (χ4v) is 3.08. The van der Waals surface area contributed by atoms with Crippen LogP contribution in [0.5, 0.6) is 5.88 Å². The van der Waals surface area contributed by atoms with E-state index in [9.17, 15) is 0 Å². The molecule has 124 valence electrons. The van der Waals surface area contributed by atoms with Gasteiger partial charge < -0.3 is 19.4 Å². The van der Waals surface area contributed by atoms with Crippen molar-refractivity contribution in [2.24, 2.45) is 13.0 Å². The second-order valence-electron chi connectivity index (χ2n) is 5.88. The molecule has 0 bridgehead atoms. The van der Waals surface area contributed by atoms with Crippen LogP contribution in [0, 0.1) is 5.92 Å². The summed E-state index contributed by atoms with van der Waals surface area (Å²) in [7, 11) is 3.68. The van der Waals surface area contributed by atoms with Crippen LogP contribution in [0.15, 0.2) is 30.6 Å². The van der Waals surface area contributed by atoms with Gasteiger partial charge in [0.15, 0.2) is 0 Å². The van der Waals surface area contributed by atoms with Gasteiger partial charge in [0.2, 0.25) is 5.88 Å². The fraction of sp³-hybridized carbons (Fsp3) is 0.529. The molecule has 0 saturated carbocycles. The molecule has 2 aromatic heterocycles. The first kappa shape index (κ1) is 16.0. The van der Waals surface area contributed by atoms with Crippen molar-refractivity contribution in [1.29, 1.82) is 0 Å². The summed E-state index contributed by atoms with van der Waals surface area (Å²) in [5, 5.41) is 3.64. The Kier molecular flexibility index (Phi) is 5.25. The molecule has 0 aromatic carbocycles. The Labute approximate surface area is 136 Å². The Morgan fingerprint density at radius 2 is 2.22 bits per heavy atom. The lowest BCUT2D eigenvalue weighted by molar-refractivity contribution is 0.0517. The van der Waals surface area contributed by atoms with Gasteiger partial charge in [-0.3, -0.25) is 0 Å². The van der Waals surface area contributed by atoms with Gasteiger partial charge >= 0.3 is 0 Å². The Bertz CT molecular complexity index is 623. The maximum absolute atomic E-state index is 5.51. The van der Waals surface area contributed by atoms with E-state index < -0.39 is 0 Å². The molecule has 0 aliphatic carbocycles. The Morgan fingerprint density at radius 1 is 1.39 bits per heavy atom. The van der Waals surface area contributed by atoms with Crippen LogP contribution in [0.4, 0.5) is 0 Å². The summed E-state index contributed by atoms with van der Waals surface area (Å²) >= 11 is 0. The van der Waals surface area contributed by atoms with Crippen LogP contribution >= 0.6 is 0 Å². The third-order valence-electron chi connectivity index (χ3n) is 4.37. The highest BCUT2D eigenvalue weighted by Gasteiger charge is 2.27. The lowest BCUT2D eigenvalue weighted by Gasteiger charge is -2.30. The zero-order valence-electron chi connectivity index (χ0n) is 13.7. The van der Waals surface area contributed by atoms with Gasteiger partial charge in [0.05, 0.1) is 18.8 Å². The summed E-state index contributed by atoms with van der Waals surface area (Å²) < 4.78 is 12.8. The van der Waals surface area contributed by atoms with Gasteiger partial charge in [-0.1, -0.05) is 6.07 Å².